The maximum Gasteiger partial charge on any atom is 0.311 e. The number of aromatic nitrogens is 2. The molecule has 3 rings (SSSR count). The lowest BCUT2D eigenvalue weighted by molar-refractivity contribution is -0.385. The molecule has 26 heavy (non-hydrogen) atoms. The summed E-state index contributed by atoms with van der Waals surface area (Å²) in [7, 11) is 1.34. The highest BCUT2D eigenvalue weighted by molar-refractivity contribution is 5.95. The molecule has 0 radical (unpaired) electrons. The molecule has 9 heteroatoms. The van der Waals surface area contributed by atoms with Crippen molar-refractivity contribution in [3.63, 3.8) is 0 Å². The first-order valence-corrected chi connectivity index (χ1v) is 8.37. The van der Waals surface area contributed by atoms with Crippen molar-refractivity contribution in [2.24, 2.45) is 5.92 Å². The molecular weight excluding hydrogens is 340 g/mol. The van der Waals surface area contributed by atoms with Crippen molar-refractivity contribution < 1.29 is 19.0 Å². The third-order valence-corrected chi connectivity index (χ3v) is 4.26. The van der Waals surface area contributed by atoms with Crippen molar-refractivity contribution in [2.75, 3.05) is 7.11 Å². The van der Waals surface area contributed by atoms with Crippen molar-refractivity contribution in [1.82, 2.24) is 15.5 Å². The molecule has 1 heterocycles. The summed E-state index contributed by atoms with van der Waals surface area (Å²) in [6, 6.07) is 3.58. The number of ether oxygens (including phenoxy) is 1. The van der Waals surface area contributed by atoms with Crippen LogP contribution in [0.5, 0.6) is 5.75 Å². The number of carbonyl (C=O) groups excluding carboxylic acids is 1. The van der Waals surface area contributed by atoms with E-state index in [0.29, 0.717) is 17.6 Å². The Kier molecular flexibility index (Phi) is 4.88. The van der Waals surface area contributed by atoms with Gasteiger partial charge >= 0.3 is 5.69 Å². The second-order valence-electron chi connectivity index (χ2n) is 6.60. The Morgan fingerprint density at radius 1 is 1.42 bits per heavy atom. The number of nitrogens with one attached hydrogen (secondary N) is 1. The van der Waals surface area contributed by atoms with Gasteiger partial charge in [-0.15, -0.1) is 0 Å². The number of nitrogens with zero attached hydrogens (tertiary/aromatic N) is 3. The molecule has 1 aliphatic rings. The van der Waals surface area contributed by atoms with Crippen molar-refractivity contribution in [3.8, 4) is 5.75 Å². The van der Waals surface area contributed by atoms with Crippen LogP contribution in [0.15, 0.2) is 22.7 Å². The summed E-state index contributed by atoms with van der Waals surface area (Å²) in [5.74, 6) is 0.997. The number of nitro groups is 1. The minimum atomic E-state index is -0.588. The Morgan fingerprint density at radius 3 is 2.73 bits per heavy atom. The topological polar surface area (TPSA) is 120 Å². The molecule has 1 N–H and O–H groups in total. The standard InChI is InChI=1S/C17H20N4O5/c1-9(2)14(17-19-15(20-26-17)10-4-5-10)18-16(22)11-6-7-13(25-3)12(8-11)21(23)24/h6-10,14H,4-5H2,1-3H3,(H,18,22). The number of rotatable bonds is 7. The van der Waals surface area contributed by atoms with Gasteiger partial charge in [0.1, 0.15) is 6.04 Å². The second-order valence-corrected chi connectivity index (χ2v) is 6.60. The lowest BCUT2D eigenvalue weighted by Crippen LogP contribution is -2.32. The summed E-state index contributed by atoms with van der Waals surface area (Å²) in [6.45, 7) is 3.84. The predicted molar refractivity (Wildman–Crippen MR) is 91.0 cm³/mol. The Morgan fingerprint density at radius 2 is 2.15 bits per heavy atom. The Labute approximate surface area is 149 Å². The summed E-state index contributed by atoms with van der Waals surface area (Å²) in [6.07, 6.45) is 2.10. The van der Waals surface area contributed by atoms with Crippen LogP contribution >= 0.6 is 0 Å². The smallest absolute Gasteiger partial charge is 0.311 e. The molecule has 1 aliphatic carbocycles. The minimum Gasteiger partial charge on any atom is -0.490 e. The zero-order valence-corrected chi connectivity index (χ0v) is 14.8. The highest BCUT2D eigenvalue weighted by Gasteiger charge is 2.32. The molecular formula is C17H20N4O5. The van der Waals surface area contributed by atoms with E-state index in [1.807, 2.05) is 13.8 Å². The molecule has 1 aromatic heterocycles. The van der Waals surface area contributed by atoms with E-state index < -0.39 is 16.9 Å². The minimum absolute atomic E-state index is 0.000290. The third kappa shape index (κ3) is 3.66. The van der Waals surface area contributed by atoms with Crippen LogP contribution in [0.1, 0.15) is 60.7 Å². The van der Waals surface area contributed by atoms with Crippen molar-refractivity contribution in [3.05, 3.63) is 45.6 Å². The van der Waals surface area contributed by atoms with Gasteiger partial charge in [0.05, 0.1) is 12.0 Å². The molecule has 1 saturated carbocycles. The van der Waals surface area contributed by atoms with Crippen LogP contribution in [0, 0.1) is 16.0 Å². The molecule has 1 atom stereocenters. The average Bonchev–Trinajstić information content (AvgIpc) is 3.36. The van der Waals surface area contributed by atoms with E-state index in [0.717, 1.165) is 12.8 Å². The van der Waals surface area contributed by atoms with Crippen LogP contribution in [0.3, 0.4) is 0 Å². The molecule has 0 saturated heterocycles. The van der Waals surface area contributed by atoms with Gasteiger partial charge in [-0.25, -0.2) is 0 Å². The number of carbonyl (C=O) groups is 1. The van der Waals surface area contributed by atoms with Crippen molar-refractivity contribution >= 4 is 11.6 Å². The molecule has 1 unspecified atom stereocenters. The van der Waals surface area contributed by atoms with Gasteiger partial charge < -0.3 is 14.6 Å². The number of hydrogen-bond acceptors (Lipinski definition) is 7. The largest absolute Gasteiger partial charge is 0.490 e. The normalized spacial score (nSPS) is 14.9. The van der Waals surface area contributed by atoms with Crippen LogP contribution in [-0.2, 0) is 0 Å². The van der Waals surface area contributed by atoms with Crippen LogP contribution in [-0.4, -0.2) is 28.1 Å². The summed E-state index contributed by atoms with van der Waals surface area (Å²) < 4.78 is 10.3. The molecule has 1 amide bonds. The van der Waals surface area contributed by atoms with Gasteiger partial charge in [0, 0.05) is 17.5 Å². The molecule has 1 aromatic carbocycles. The van der Waals surface area contributed by atoms with Crippen LogP contribution in [0.2, 0.25) is 0 Å². The summed E-state index contributed by atoms with van der Waals surface area (Å²) >= 11 is 0. The third-order valence-electron chi connectivity index (χ3n) is 4.26. The zero-order valence-electron chi connectivity index (χ0n) is 14.8. The van der Waals surface area contributed by atoms with Crippen LogP contribution in [0.25, 0.3) is 0 Å². The number of hydrogen-bond donors (Lipinski definition) is 1. The molecule has 1 fully saturated rings. The summed E-state index contributed by atoms with van der Waals surface area (Å²) in [5.41, 5.74) is -0.111. The quantitative estimate of drug-likeness (QED) is 0.595. The van der Waals surface area contributed by atoms with E-state index in [4.69, 9.17) is 9.26 Å². The first-order chi connectivity index (χ1) is 12.4. The number of benzene rings is 1. The van der Waals surface area contributed by atoms with Crippen LogP contribution in [0.4, 0.5) is 5.69 Å². The average molecular weight is 360 g/mol. The molecule has 2 aromatic rings. The van der Waals surface area contributed by atoms with E-state index in [9.17, 15) is 14.9 Å². The lowest BCUT2D eigenvalue weighted by atomic mass is 10.0. The van der Waals surface area contributed by atoms with Gasteiger partial charge in [0.25, 0.3) is 5.91 Å². The van der Waals surface area contributed by atoms with Crippen molar-refractivity contribution in [1.29, 1.82) is 0 Å². The highest BCUT2D eigenvalue weighted by atomic mass is 16.6. The van der Waals surface area contributed by atoms with E-state index >= 15 is 0 Å². The van der Waals surface area contributed by atoms with E-state index in [2.05, 4.69) is 15.5 Å². The van der Waals surface area contributed by atoms with Gasteiger partial charge in [0.15, 0.2) is 11.6 Å². The highest BCUT2D eigenvalue weighted by Crippen LogP contribution is 2.38. The Bertz CT molecular complexity index is 828. The molecule has 9 nitrogen and oxygen atoms in total. The molecule has 0 spiro atoms. The first-order valence-electron chi connectivity index (χ1n) is 8.37. The Balaban J connectivity index is 1.81. The van der Waals surface area contributed by atoms with E-state index in [1.165, 1.54) is 25.3 Å². The van der Waals surface area contributed by atoms with E-state index in [-0.39, 0.29) is 22.9 Å². The monoisotopic (exact) mass is 360 g/mol. The fourth-order valence-corrected chi connectivity index (χ4v) is 2.59. The SMILES string of the molecule is COc1ccc(C(=O)NC(c2nc(C3CC3)no2)C(C)C)cc1[N+](=O)[O-]. The molecule has 138 valence electrons. The van der Waals surface area contributed by atoms with Crippen LogP contribution < -0.4 is 10.1 Å². The summed E-state index contributed by atoms with van der Waals surface area (Å²) in [5, 5.41) is 17.9. The fourth-order valence-electron chi connectivity index (χ4n) is 2.59. The van der Waals surface area contributed by atoms with E-state index in [1.54, 1.807) is 0 Å². The summed E-state index contributed by atoms with van der Waals surface area (Å²) in [4.78, 5) is 27.5. The first kappa shape index (κ1) is 17.8. The van der Waals surface area contributed by atoms with Gasteiger partial charge in [-0.05, 0) is 30.9 Å². The maximum absolute atomic E-state index is 12.6. The van der Waals surface area contributed by atoms with Gasteiger partial charge in [-0.3, -0.25) is 14.9 Å². The maximum atomic E-state index is 12.6. The van der Waals surface area contributed by atoms with Gasteiger partial charge in [-0.2, -0.15) is 4.98 Å². The number of nitro benzene ring substituents is 1. The molecule has 0 aliphatic heterocycles. The lowest BCUT2D eigenvalue weighted by Gasteiger charge is -2.18. The number of methoxy groups -OCH3 is 1. The van der Waals surface area contributed by atoms with Crippen molar-refractivity contribution in [2.45, 2.75) is 38.6 Å². The number of amides is 1. The second kappa shape index (κ2) is 7.11. The zero-order chi connectivity index (χ0) is 18.8. The fraction of sp³-hybridized carbons (Fsp3) is 0.471. The van der Waals surface area contributed by atoms with Gasteiger partial charge in [0.2, 0.25) is 5.89 Å². The van der Waals surface area contributed by atoms with Gasteiger partial charge in [-0.1, -0.05) is 19.0 Å². The Hall–Kier alpha value is -2.97. The molecule has 0 bridgehead atoms. The predicted octanol–water partition coefficient (Wildman–Crippen LogP) is 2.99.